The average molecular weight is 265 g/mol. The molecule has 4 heteroatoms. The van der Waals surface area contributed by atoms with E-state index in [9.17, 15) is 0 Å². The molecule has 1 aliphatic rings. The Labute approximate surface area is 114 Å². The van der Waals surface area contributed by atoms with Crippen LogP contribution in [0.4, 0.5) is 0 Å². The molecule has 0 fully saturated rings. The molecule has 2 atom stereocenters. The minimum Gasteiger partial charge on any atom is -0.271 e. The number of nitrogens with two attached hydrogens (primary N) is 1. The summed E-state index contributed by atoms with van der Waals surface area (Å²) in [6.07, 6.45) is 4.20. The SMILES string of the molecule is CC(C)CSCC(NN)C1CCc2cccnc21. The Balaban J connectivity index is 1.97. The molecule has 2 rings (SSSR count). The number of aryl methyl sites for hydroxylation is 1. The van der Waals surface area contributed by atoms with Crippen molar-refractivity contribution < 1.29 is 0 Å². The van der Waals surface area contributed by atoms with E-state index in [0.29, 0.717) is 12.0 Å². The van der Waals surface area contributed by atoms with Crippen molar-refractivity contribution in [2.75, 3.05) is 11.5 Å². The van der Waals surface area contributed by atoms with Gasteiger partial charge in [0.05, 0.1) is 0 Å². The molecule has 1 heterocycles. The summed E-state index contributed by atoms with van der Waals surface area (Å²) in [5, 5.41) is 0. The Morgan fingerprint density at radius 2 is 2.33 bits per heavy atom. The first-order chi connectivity index (χ1) is 8.72. The molecule has 1 aromatic rings. The second-order valence-electron chi connectivity index (χ2n) is 5.40. The van der Waals surface area contributed by atoms with E-state index in [0.717, 1.165) is 18.1 Å². The second kappa shape index (κ2) is 6.55. The lowest BCUT2D eigenvalue weighted by molar-refractivity contribution is 0.468. The van der Waals surface area contributed by atoms with Crippen molar-refractivity contribution >= 4 is 11.8 Å². The molecule has 1 aliphatic carbocycles. The number of aromatic nitrogens is 1. The molecule has 0 bridgehead atoms. The van der Waals surface area contributed by atoms with Crippen LogP contribution in [0.1, 0.15) is 37.4 Å². The molecule has 18 heavy (non-hydrogen) atoms. The van der Waals surface area contributed by atoms with Crippen LogP contribution in [-0.4, -0.2) is 22.5 Å². The van der Waals surface area contributed by atoms with Gasteiger partial charge in [0, 0.05) is 29.6 Å². The Kier molecular flexibility index (Phi) is 5.03. The van der Waals surface area contributed by atoms with Gasteiger partial charge in [0.2, 0.25) is 0 Å². The van der Waals surface area contributed by atoms with E-state index in [-0.39, 0.29) is 0 Å². The van der Waals surface area contributed by atoms with Crippen LogP contribution in [-0.2, 0) is 6.42 Å². The van der Waals surface area contributed by atoms with Crippen LogP contribution < -0.4 is 11.3 Å². The van der Waals surface area contributed by atoms with Gasteiger partial charge < -0.3 is 0 Å². The van der Waals surface area contributed by atoms with Gasteiger partial charge in [-0.15, -0.1) is 0 Å². The van der Waals surface area contributed by atoms with E-state index in [1.165, 1.54) is 23.4 Å². The van der Waals surface area contributed by atoms with Gasteiger partial charge in [-0.3, -0.25) is 16.3 Å². The van der Waals surface area contributed by atoms with Crippen LogP contribution in [0.25, 0.3) is 0 Å². The summed E-state index contributed by atoms with van der Waals surface area (Å²) in [6.45, 7) is 4.51. The summed E-state index contributed by atoms with van der Waals surface area (Å²) in [7, 11) is 0. The zero-order chi connectivity index (χ0) is 13.0. The Morgan fingerprint density at radius 1 is 1.50 bits per heavy atom. The van der Waals surface area contributed by atoms with Gasteiger partial charge >= 0.3 is 0 Å². The molecule has 2 unspecified atom stereocenters. The average Bonchev–Trinajstić information content (AvgIpc) is 2.78. The van der Waals surface area contributed by atoms with Gasteiger partial charge in [-0.05, 0) is 36.1 Å². The van der Waals surface area contributed by atoms with Gasteiger partial charge in [-0.2, -0.15) is 11.8 Å². The molecule has 0 saturated carbocycles. The maximum absolute atomic E-state index is 5.74. The Morgan fingerprint density at radius 3 is 3.06 bits per heavy atom. The van der Waals surface area contributed by atoms with Crippen molar-refractivity contribution in [1.82, 2.24) is 10.4 Å². The monoisotopic (exact) mass is 265 g/mol. The molecule has 0 spiro atoms. The normalized spacial score (nSPS) is 20.1. The number of hydrazine groups is 1. The largest absolute Gasteiger partial charge is 0.271 e. The first-order valence-corrected chi connectivity index (χ1v) is 7.85. The Bertz CT molecular complexity index is 381. The third kappa shape index (κ3) is 3.25. The number of fused-ring (bicyclic) bond motifs is 1. The third-order valence-corrected chi connectivity index (χ3v) is 4.95. The van der Waals surface area contributed by atoms with Crippen molar-refractivity contribution in [3.63, 3.8) is 0 Å². The van der Waals surface area contributed by atoms with E-state index in [1.54, 1.807) is 0 Å². The Hall–Kier alpha value is -0.580. The fourth-order valence-corrected chi connectivity index (χ4v) is 3.74. The van der Waals surface area contributed by atoms with E-state index in [4.69, 9.17) is 5.84 Å². The summed E-state index contributed by atoms with van der Waals surface area (Å²) < 4.78 is 0. The number of hydrogen-bond acceptors (Lipinski definition) is 4. The molecule has 0 radical (unpaired) electrons. The van der Waals surface area contributed by atoms with Gasteiger partial charge in [0.1, 0.15) is 0 Å². The molecule has 100 valence electrons. The molecular formula is C14H23N3S. The van der Waals surface area contributed by atoms with Gasteiger partial charge in [0.15, 0.2) is 0 Å². The lowest BCUT2D eigenvalue weighted by Crippen LogP contribution is -2.41. The molecule has 0 aromatic carbocycles. The van der Waals surface area contributed by atoms with Crippen molar-refractivity contribution in [3.05, 3.63) is 29.6 Å². The highest BCUT2D eigenvalue weighted by molar-refractivity contribution is 7.99. The van der Waals surface area contributed by atoms with Gasteiger partial charge in [-0.25, -0.2) is 0 Å². The highest BCUT2D eigenvalue weighted by atomic mass is 32.2. The van der Waals surface area contributed by atoms with E-state index in [2.05, 4.69) is 30.3 Å². The van der Waals surface area contributed by atoms with E-state index >= 15 is 0 Å². The number of thioether (sulfide) groups is 1. The van der Waals surface area contributed by atoms with Crippen molar-refractivity contribution in [3.8, 4) is 0 Å². The molecule has 1 aromatic heterocycles. The highest BCUT2D eigenvalue weighted by Crippen LogP contribution is 2.34. The summed E-state index contributed by atoms with van der Waals surface area (Å²) in [5.74, 6) is 9.21. The van der Waals surface area contributed by atoms with Crippen LogP contribution >= 0.6 is 11.8 Å². The van der Waals surface area contributed by atoms with Crippen molar-refractivity contribution in [2.45, 2.75) is 38.6 Å². The zero-order valence-corrected chi connectivity index (χ0v) is 12.0. The minimum absolute atomic E-state index is 0.338. The van der Waals surface area contributed by atoms with Crippen LogP contribution in [0, 0.1) is 5.92 Å². The quantitative estimate of drug-likeness (QED) is 0.612. The lowest BCUT2D eigenvalue weighted by Gasteiger charge is -2.23. The molecule has 0 saturated heterocycles. The highest BCUT2D eigenvalue weighted by Gasteiger charge is 2.30. The van der Waals surface area contributed by atoms with Gasteiger partial charge in [0.25, 0.3) is 0 Å². The number of pyridine rings is 1. The topological polar surface area (TPSA) is 50.9 Å². The maximum Gasteiger partial charge on any atom is 0.0482 e. The molecule has 3 nitrogen and oxygen atoms in total. The van der Waals surface area contributed by atoms with Crippen LogP contribution in [0.15, 0.2) is 18.3 Å². The van der Waals surface area contributed by atoms with E-state index < -0.39 is 0 Å². The van der Waals surface area contributed by atoms with Gasteiger partial charge in [-0.1, -0.05) is 19.9 Å². The molecule has 0 amide bonds. The maximum atomic E-state index is 5.74. The fraction of sp³-hybridized carbons (Fsp3) is 0.643. The minimum atomic E-state index is 0.338. The number of nitrogens with zero attached hydrogens (tertiary/aromatic N) is 1. The third-order valence-electron chi connectivity index (χ3n) is 3.45. The predicted molar refractivity (Wildman–Crippen MR) is 78.6 cm³/mol. The molecule has 3 N–H and O–H groups in total. The lowest BCUT2D eigenvalue weighted by atomic mass is 9.99. The summed E-state index contributed by atoms with van der Waals surface area (Å²) in [4.78, 5) is 4.55. The molecule has 0 aliphatic heterocycles. The smallest absolute Gasteiger partial charge is 0.0482 e. The summed E-state index contributed by atoms with van der Waals surface area (Å²) in [5.41, 5.74) is 5.65. The number of nitrogens with one attached hydrogen (secondary N) is 1. The van der Waals surface area contributed by atoms with Crippen molar-refractivity contribution in [1.29, 1.82) is 0 Å². The first-order valence-electron chi connectivity index (χ1n) is 6.70. The number of hydrogen-bond donors (Lipinski definition) is 2. The number of rotatable bonds is 6. The van der Waals surface area contributed by atoms with Crippen LogP contribution in [0.5, 0.6) is 0 Å². The fourth-order valence-electron chi connectivity index (χ4n) is 2.55. The summed E-state index contributed by atoms with van der Waals surface area (Å²) >= 11 is 1.99. The van der Waals surface area contributed by atoms with Crippen LogP contribution in [0.2, 0.25) is 0 Å². The van der Waals surface area contributed by atoms with E-state index in [1.807, 2.05) is 24.0 Å². The summed E-state index contributed by atoms with van der Waals surface area (Å²) in [6, 6.07) is 4.56. The predicted octanol–water partition coefficient (Wildman–Crippen LogP) is 2.33. The standard InChI is InChI=1S/C14H23N3S/c1-10(2)8-18-9-13(17-15)12-6-5-11-4-3-7-16-14(11)12/h3-4,7,10,12-13,17H,5-6,8-9,15H2,1-2H3. The zero-order valence-electron chi connectivity index (χ0n) is 11.2. The van der Waals surface area contributed by atoms with Crippen LogP contribution in [0.3, 0.4) is 0 Å². The second-order valence-corrected chi connectivity index (χ2v) is 6.47. The molecular weight excluding hydrogens is 242 g/mol. The van der Waals surface area contributed by atoms with Crippen molar-refractivity contribution in [2.24, 2.45) is 11.8 Å². The first kappa shape index (κ1) is 13.8.